The van der Waals surface area contributed by atoms with Crippen LogP contribution in [0.5, 0.6) is 0 Å². The Morgan fingerprint density at radius 3 is 2.48 bits per heavy atom. The topological polar surface area (TPSA) is 50.7 Å². The van der Waals surface area contributed by atoms with Crippen LogP contribution in [0.15, 0.2) is 83.0 Å². The summed E-state index contributed by atoms with van der Waals surface area (Å²) in [6, 6.07) is 24.6. The Labute approximate surface area is 139 Å². The molecule has 3 aromatic carbocycles. The predicted molar refractivity (Wildman–Crippen MR) is 101 cm³/mol. The summed E-state index contributed by atoms with van der Waals surface area (Å²) >= 11 is 1.48. The third kappa shape index (κ3) is 4.44. The van der Waals surface area contributed by atoms with Crippen LogP contribution in [0, 0.1) is 0 Å². The van der Waals surface area contributed by atoms with Crippen molar-refractivity contribution < 1.29 is 0 Å². The lowest BCUT2D eigenvalue weighted by Gasteiger charge is -1.99. The highest BCUT2D eigenvalue weighted by molar-refractivity contribution is 8.13. The number of rotatable bonds is 4. The zero-order valence-electron chi connectivity index (χ0n) is 12.6. The number of hydrogen-bond acceptors (Lipinski definition) is 3. The van der Waals surface area contributed by atoms with E-state index in [1.54, 1.807) is 6.21 Å². The number of amidine groups is 1. The lowest BCUT2D eigenvalue weighted by atomic mass is 10.1. The van der Waals surface area contributed by atoms with E-state index in [0.717, 1.165) is 11.3 Å². The molecule has 4 heteroatoms. The van der Waals surface area contributed by atoms with Crippen LogP contribution in [0.3, 0.4) is 0 Å². The Bertz CT molecular complexity index is 841. The summed E-state index contributed by atoms with van der Waals surface area (Å²) in [7, 11) is 0. The molecule has 0 spiro atoms. The summed E-state index contributed by atoms with van der Waals surface area (Å²) in [5.41, 5.74) is 8.10. The summed E-state index contributed by atoms with van der Waals surface area (Å²) in [5.74, 6) is 0.793. The standard InChI is InChI=1S/C19H17N3S/c20-19(23-14-15-6-2-1-3-7-15)22-21-13-16-10-11-17-8-4-5-9-18(17)12-16/h1-13H,14H2,(H2,20,22). The molecule has 0 atom stereocenters. The van der Waals surface area contributed by atoms with Gasteiger partial charge in [-0.2, -0.15) is 5.10 Å². The molecule has 0 aromatic heterocycles. The third-order valence-electron chi connectivity index (χ3n) is 3.37. The Morgan fingerprint density at radius 1 is 0.913 bits per heavy atom. The van der Waals surface area contributed by atoms with Crippen LogP contribution in [0.25, 0.3) is 10.8 Å². The average molecular weight is 319 g/mol. The van der Waals surface area contributed by atoms with Crippen LogP contribution in [0.1, 0.15) is 11.1 Å². The van der Waals surface area contributed by atoms with E-state index in [1.807, 2.05) is 36.4 Å². The molecule has 0 bridgehead atoms. The Morgan fingerprint density at radius 2 is 1.65 bits per heavy atom. The van der Waals surface area contributed by atoms with Crippen LogP contribution in [0.2, 0.25) is 0 Å². The van der Waals surface area contributed by atoms with Crippen LogP contribution < -0.4 is 5.73 Å². The molecule has 3 nitrogen and oxygen atoms in total. The molecule has 2 N–H and O–H groups in total. The van der Waals surface area contributed by atoms with Crippen LogP contribution in [-0.2, 0) is 5.75 Å². The summed E-state index contributed by atoms with van der Waals surface area (Å²) in [6.45, 7) is 0. The highest BCUT2D eigenvalue weighted by Crippen LogP contribution is 2.15. The largest absolute Gasteiger partial charge is 0.377 e. The molecule has 0 saturated heterocycles. The van der Waals surface area contributed by atoms with Gasteiger partial charge in [-0.15, -0.1) is 5.10 Å². The van der Waals surface area contributed by atoms with E-state index in [4.69, 9.17) is 5.73 Å². The molecule has 0 aliphatic carbocycles. The fourth-order valence-corrected chi connectivity index (χ4v) is 2.81. The van der Waals surface area contributed by atoms with Crippen molar-refractivity contribution in [1.82, 2.24) is 0 Å². The number of thioether (sulfide) groups is 1. The van der Waals surface area contributed by atoms with E-state index in [1.165, 1.54) is 28.1 Å². The number of nitrogens with zero attached hydrogens (tertiary/aromatic N) is 2. The molecule has 0 fully saturated rings. The van der Waals surface area contributed by atoms with Gasteiger partial charge in [-0.1, -0.05) is 78.5 Å². The summed E-state index contributed by atoms with van der Waals surface area (Å²) in [4.78, 5) is 0. The van der Waals surface area contributed by atoms with Gasteiger partial charge in [0, 0.05) is 5.75 Å². The van der Waals surface area contributed by atoms with Gasteiger partial charge in [-0.25, -0.2) is 0 Å². The minimum Gasteiger partial charge on any atom is -0.377 e. The van der Waals surface area contributed by atoms with Crippen LogP contribution in [-0.4, -0.2) is 11.4 Å². The van der Waals surface area contributed by atoms with Crippen molar-refractivity contribution in [3.05, 3.63) is 83.9 Å². The smallest absolute Gasteiger partial charge is 0.180 e. The zero-order valence-corrected chi connectivity index (χ0v) is 13.4. The van der Waals surface area contributed by atoms with Crippen molar-refractivity contribution >= 4 is 33.9 Å². The molecule has 0 unspecified atom stereocenters. The van der Waals surface area contributed by atoms with Crippen molar-refractivity contribution in [1.29, 1.82) is 0 Å². The normalized spacial score (nSPS) is 12.1. The first kappa shape index (κ1) is 15.3. The van der Waals surface area contributed by atoms with E-state index in [9.17, 15) is 0 Å². The lowest BCUT2D eigenvalue weighted by molar-refractivity contribution is 1.25. The second kappa shape index (κ2) is 7.61. The minimum atomic E-state index is 0.464. The van der Waals surface area contributed by atoms with Gasteiger partial charge in [0.1, 0.15) is 0 Å². The maximum absolute atomic E-state index is 5.88. The summed E-state index contributed by atoms with van der Waals surface area (Å²) in [6.07, 6.45) is 1.72. The van der Waals surface area contributed by atoms with Gasteiger partial charge in [0.25, 0.3) is 0 Å². The molecular weight excluding hydrogens is 302 g/mol. The average Bonchev–Trinajstić information content (AvgIpc) is 2.61. The van der Waals surface area contributed by atoms with Crippen molar-refractivity contribution in [3.8, 4) is 0 Å². The highest BCUT2D eigenvalue weighted by atomic mass is 32.2. The first-order chi connectivity index (χ1) is 11.3. The third-order valence-corrected chi connectivity index (χ3v) is 4.22. The van der Waals surface area contributed by atoms with Gasteiger partial charge in [0.2, 0.25) is 0 Å². The van der Waals surface area contributed by atoms with Crippen molar-refractivity contribution in [2.75, 3.05) is 0 Å². The van der Waals surface area contributed by atoms with Gasteiger partial charge in [0.05, 0.1) is 6.21 Å². The second-order valence-corrected chi connectivity index (χ2v) is 6.06. The second-order valence-electron chi connectivity index (χ2n) is 5.06. The molecule has 0 aliphatic rings. The minimum absolute atomic E-state index is 0.464. The number of benzene rings is 3. The number of nitrogens with two attached hydrogens (primary N) is 1. The fourth-order valence-electron chi connectivity index (χ4n) is 2.20. The molecular formula is C19H17N3S. The Balaban J connectivity index is 1.62. The van der Waals surface area contributed by atoms with E-state index in [2.05, 4.69) is 46.6 Å². The number of fused-ring (bicyclic) bond motifs is 1. The molecule has 0 saturated carbocycles. The lowest BCUT2D eigenvalue weighted by Crippen LogP contribution is -2.05. The van der Waals surface area contributed by atoms with E-state index in [0.29, 0.717) is 5.17 Å². The molecule has 0 aliphatic heterocycles. The quantitative estimate of drug-likeness (QED) is 0.439. The first-order valence-electron chi connectivity index (χ1n) is 7.33. The van der Waals surface area contributed by atoms with Gasteiger partial charge < -0.3 is 5.73 Å². The molecule has 0 heterocycles. The number of hydrogen-bond donors (Lipinski definition) is 1. The van der Waals surface area contributed by atoms with Crippen molar-refractivity contribution in [2.45, 2.75) is 5.75 Å². The van der Waals surface area contributed by atoms with E-state index >= 15 is 0 Å². The summed E-state index contributed by atoms with van der Waals surface area (Å²) in [5, 5.41) is 11.0. The van der Waals surface area contributed by atoms with Gasteiger partial charge in [0.15, 0.2) is 5.17 Å². The fraction of sp³-hybridized carbons (Fsp3) is 0.0526. The Hall–Kier alpha value is -2.59. The molecule has 0 radical (unpaired) electrons. The molecule has 3 aromatic rings. The van der Waals surface area contributed by atoms with E-state index in [-0.39, 0.29) is 0 Å². The van der Waals surface area contributed by atoms with Gasteiger partial charge >= 0.3 is 0 Å². The maximum Gasteiger partial charge on any atom is 0.180 e. The van der Waals surface area contributed by atoms with Crippen molar-refractivity contribution in [3.63, 3.8) is 0 Å². The molecule has 3 rings (SSSR count). The van der Waals surface area contributed by atoms with Crippen LogP contribution in [0.4, 0.5) is 0 Å². The SMILES string of the molecule is NC(=NN=Cc1ccc2ccccc2c1)SCc1ccccc1. The maximum atomic E-state index is 5.88. The molecule has 114 valence electrons. The molecule has 0 amide bonds. The first-order valence-corrected chi connectivity index (χ1v) is 8.32. The van der Waals surface area contributed by atoms with Gasteiger partial charge in [-0.3, -0.25) is 0 Å². The van der Waals surface area contributed by atoms with Crippen LogP contribution >= 0.6 is 11.8 Å². The van der Waals surface area contributed by atoms with Gasteiger partial charge in [-0.05, 0) is 28.0 Å². The highest BCUT2D eigenvalue weighted by Gasteiger charge is 1.96. The molecule has 23 heavy (non-hydrogen) atoms. The summed E-state index contributed by atoms with van der Waals surface area (Å²) < 4.78 is 0. The predicted octanol–water partition coefficient (Wildman–Crippen LogP) is 4.42. The van der Waals surface area contributed by atoms with E-state index < -0.39 is 0 Å². The van der Waals surface area contributed by atoms with Crippen molar-refractivity contribution in [2.24, 2.45) is 15.9 Å². The monoisotopic (exact) mass is 319 g/mol. The Kier molecular flexibility index (Phi) is 5.06. The zero-order chi connectivity index (χ0) is 15.9.